The Balaban J connectivity index is 2.31. The topological polar surface area (TPSA) is 52.0 Å². The van der Waals surface area contributed by atoms with Gasteiger partial charge < -0.3 is 10.2 Å². The van der Waals surface area contributed by atoms with E-state index >= 15 is 0 Å². The van der Waals surface area contributed by atoms with E-state index in [0.29, 0.717) is 6.54 Å². The molecule has 0 atom stereocenters. The minimum absolute atomic E-state index is 0.579. The minimum Gasteiger partial charge on any atom is -0.448 e. The van der Waals surface area contributed by atoms with Crippen LogP contribution in [-0.4, -0.2) is 11.5 Å². The smallest absolute Gasteiger partial charge is 0.181 e. The van der Waals surface area contributed by atoms with Crippen molar-refractivity contribution in [3.63, 3.8) is 0 Å². The second kappa shape index (κ2) is 4.94. The van der Waals surface area contributed by atoms with Gasteiger partial charge in [-0.1, -0.05) is 31.2 Å². The van der Waals surface area contributed by atoms with Crippen molar-refractivity contribution in [3.05, 3.63) is 42.0 Å². The monoisotopic (exact) mass is 216 g/mol. The molecule has 1 heterocycles. The second-order valence-electron chi connectivity index (χ2n) is 3.71. The summed E-state index contributed by atoms with van der Waals surface area (Å²) in [5.74, 6) is 0.867. The number of aryl methyl sites for hydroxylation is 1. The van der Waals surface area contributed by atoms with Crippen molar-refractivity contribution in [2.75, 3.05) is 6.54 Å². The molecule has 0 unspecified atom stereocenters. The first-order chi connectivity index (χ1) is 7.85. The first-order valence-corrected chi connectivity index (χ1v) is 5.57. The van der Waals surface area contributed by atoms with Crippen molar-refractivity contribution >= 4 is 0 Å². The summed E-state index contributed by atoms with van der Waals surface area (Å²) < 4.78 is 5.32. The van der Waals surface area contributed by atoms with Gasteiger partial charge in [-0.05, 0) is 18.5 Å². The van der Waals surface area contributed by atoms with Crippen LogP contribution >= 0.6 is 0 Å². The Kier molecular flexibility index (Phi) is 3.37. The maximum absolute atomic E-state index is 5.52. The van der Waals surface area contributed by atoms with Gasteiger partial charge in [0.1, 0.15) is 11.5 Å². The number of oxazole rings is 1. The number of nitrogens with two attached hydrogens (primary N) is 1. The Morgan fingerprint density at radius 1 is 1.25 bits per heavy atom. The van der Waals surface area contributed by atoms with E-state index in [9.17, 15) is 0 Å². The molecule has 0 aliphatic heterocycles. The molecule has 2 rings (SSSR count). The average Bonchev–Trinajstić information content (AvgIpc) is 2.78. The summed E-state index contributed by atoms with van der Waals surface area (Å²) in [6, 6.07) is 8.40. The van der Waals surface area contributed by atoms with Crippen molar-refractivity contribution in [1.82, 2.24) is 4.98 Å². The summed E-state index contributed by atoms with van der Waals surface area (Å²) in [4.78, 5) is 4.24. The summed E-state index contributed by atoms with van der Waals surface area (Å²) in [5, 5.41) is 0. The van der Waals surface area contributed by atoms with Crippen LogP contribution in [0.1, 0.15) is 18.2 Å². The van der Waals surface area contributed by atoms with Crippen molar-refractivity contribution in [1.29, 1.82) is 0 Å². The SMILES string of the molecule is CCc1ccc(-c2ncoc2CCN)cc1. The predicted molar refractivity (Wildman–Crippen MR) is 64.1 cm³/mol. The molecule has 0 radical (unpaired) electrons. The maximum Gasteiger partial charge on any atom is 0.181 e. The molecule has 16 heavy (non-hydrogen) atoms. The summed E-state index contributed by atoms with van der Waals surface area (Å²) in [6.45, 7) is 2.72. The first-order valence-electron chi connectivity index (χ1n) is 5.57. The molecule has 0 amide bonds. The Hall–Kier alpha value is -1.61. The number of nitrogens with zero attached hydrogens (tertiary/aromatic N) is 1. The molecule has 0 fully saturated rings. The van der Waals surface area contributed by atoms with E-state index in [4.69, 9.17) is 10.2 Å². The van der Waals surface area contributed by atoms with Gasteiger partial charge in [-0.3, -0.25) is 0 Å². The van der Waals surface area contributed by atoms with Gasteiger partial charge >= 0.3 is 0 Å². The van der Waals surface area contributed by atoms with E-state index in [2.05, 4.69) is 36.2 Å². The van der Waals surface area contributed by atoms with Crippen molar-refractivity contribution in [2.24, 2.45) is 5.73 Å². The molecule has 0 saturated carbocycles. The van der Waals surface area contributed by atoms with E-state index in [1.807, 2.05) is 0 Å². The van der Waals surface area contributed by atoms with Crippen molar-refractivity contribution < 1.29 is 4.42 Å². The highest BCUT2D eigenvalue weighted by Crippen LogP contribution is 2.22. The predicted octanol–water partition coefficient (Wildman–Crippen LogP) is 2.41. The normalized spacial score (nSPS) is 10.6. The molecule has 2 N–H and O–H groups in total. The minimum atomic E-state index is 0.579. The molecule has 84 valence electrons. The zero-order valence-electron chi connectivity index (χ0n) is 9.44. The molecule has 0 saturated heterocycles. The zero-order chi connectivity index (χ0) is 11.4. The van der Waals surface area contributed by atoms with Crippen LogP contribution in [0.2, 0.25) is 0 Å². The largest absolute Gasteiger partial charge is 0.448 e. The number of benzene rings is 1. The van der Waals surface area contributed by atoms with Crippen LogP contribution in [0.3, 0.4) is 0 Å². The summed E-state index contributed by atoms with van der Waals surface area (Å²) in [5.41, 5.74) is 8.85. The number of aromatic nitrogens is 1. The lowest BCUT2D eigenvalue weighted by Crippen LogP contribution is -2.02. The Morgan fingerprint density at radius 3 is 2.62 bits per heavy atom. The van der Waals surface area contributed by atoms with Crippen LogP contribution in [-0.2, 0) is 12.8 Å². The standard InChI is InChI=1S/C13H16N2O/c1-2-10-3-5-11(6-4-10)13-12(7-8-14)16-9-15-13/h3-6,9H,2,7-8,14H2,1H3. The number of rotatable bonds is 4. The molecule has 0 bridgehead atoms. The first kappa shape index (κ1) is 10.9. The van der Waals surface area contributed by atoms with Gasteiger partial charge in [-0.15, -0.1) is 0 Å². The molecule has 1 aromatic carbocycles. The summed E-state index contributed by atoms with van der Waals surface area (Å²) >= 11 is 0. The molecule has 3 nitrogen and oxygen atoms in total. The fourth-order valence-corrected chi connectivity index (χ4v) is 1.71. The van der Waals surface area contributed by atoms with E-state index in [1.54, 1.807) is 0 Å². The third-order valence-corrected chi connectivity index (χ3v) is 2.65. The molecular formula is C13H16N2O. The summed E-state index contributed by atoms with van der Waals surface area (Å²) in [6.07, 6.45) is 3.26. The van der Waals surface area contributed by atoms with E-state index in [-0.39, 0.29) is 0 Å². The third kappa shape index (κ3) is 2.14. The zero-order valence-corrected chi connectivity index (χ0v) is 9.44. The van der Waals surface area contributed by atoms with Gasteiger partial charge in [0.15, 0.2) is 6.39 Å². The van der Waals surface area contributed by atoms with Crippen LogP contribution < -0.4 is 5.73 Å². The fraction of sp³-hybridized carbons (Fsp3) is 0.308. The number of hydrogen-bond donors (Lipinski definition) is 1. The van der Waals surface area contributed by atoms with E-state index in [1.165, 1.54) is 12.0 Å². The lowest BCUT2D eigenvalue weighted by atomic mass is 10.1. The van der Waals surface area contributed by atoms with Gasteiger partial charge in [0.2, 0.25) is 0 Å². The quantitative estimate of drug-likeness (QED) is 0.853. The van der Waals surface area contributed by atoms with Gasteiger partial charge in [0.25, 0.3) is 0 Å². The lowest BCUT2D eigenvalue weighted by molar-refractivity contribution is 0.506. The Bertz CT molecular complexity index is 445. The molecule has 3 heteroatoms. The third-order valence-electron chi connectivity index (χ3n) is 2.65. The van der Waals surface area contributed by atoms with Crippen LogP contribution in [0.25, 0.3) is 11.3 Å². The molecular weight excluding hydrogens is 200 g/mol. The Morgan fingerprint density at radius 2 is 2.00 bits per heavy atom. The molecule has 1 aromatic heterocycles. The highest BCUT2D eigenvalue weighted by molar-refractivity contribution is 5.61. The van der Waals surface area contributed by atoms with E-state index < -0.39 is 0 Å². The molecule has 2 aromatic rings. The maximum atomic E-state index is 5.52. The van der Waals surface area contributed by atoms with Crippen LogP contribution in [0.15, 0.2) is 35.1 Å². The van der Waals surface area contributed by atoms with Crippen LogP contribution in [0.5, 0.6) is 0 Å². The lowest BCUT2D eigenvalue weighted by Gasteiger charge is -2.01. The van der Waals surface area contributed by atoms with Gasteiger partial charge in [-0.2, -0.15) is 0 Å². The van der Waals surface area contributed by atoms with Gasteiger partial charge in [0.05, 0.1) is 0 Å². The highest BCUT2D eigenvalue weighted by atomic mass is 16.3. The van der Waals surface area contributed by atoms with Gasteiger partial charge in [-0.25, -0.2) is 4.98 Å². The van der Waals surface area contributed by atoms with Gasteiger partial charge in [0, 0.05) is 12.0 Å². The molecule has 0 spiro atoms. The average molecular weight is 216 g/mol. The Labute approximate surface area is 95.3 Å². The van der Waals surface area contributed by atoms with E-state index in [0.717, 1.165) is 29.9 Å². The molecule has 0 aliphatic carbocycles. The fourth-order valence-electron chi connectivity index (χ4n) is 1.71. The van der Waals surface area contributed by atoms with Crippen molar-refractivity contribution in [2.45, 2.75) is 19.8 Å². The molecule has 0 aliphatic rings. The second-order valence-corrected chi connectivity index (χ2v) is 3.71. The van der Waals surface area contributed by atoms with Crippen molar-refractivity contribution in [3.8, 4) is 11.3 Å². The van der Waals surface area contributed by atoms with Crippen LogP contribution in [0, 0.1) is 0 Å². The number of hydrogen-bond acceptors (Lipinski definition) is 3. The highest BCUT2D eigenvalue weighted by Gasteiger charge is 2.09. The van der Waals surface area contributed by atoms with Crippen LogP contribution in [0.4, 0.5) is 0 Å². The summed E-state index contributed by atoms with van der Waals surface area (Å²) in [7, 11) is 0.